The molecule has 0 radical (unpaired) electrons. The number of allylic oxidation sites excluding steroid dienone is 1. The Morgan fingerprint density at radius 2 is 1.80 bits per heavy atom. The summed E-state index contributed by atoms with van der Waals surface area (Å²) in [6.45, 7) is 1.81. The minimum absolute atomic E-state index is 0.0513. The third-order valence-corrected chi connectivity index (χ3v) is 4.39. The minimum Gasteiger partial charge on any atom is -0.444 e. The number of carbonyl (C=O) groups is 1. The lowest BCUT2D eigenvalue weighted by Crippen LogP contribution is -2.27. The molecule has 132 valence electrons. The minimum atomic E-state index is -2.99. The number of alkyl carbamates (subject to hydrolysis) is 1. The maximum atomic E-state index is 13.1. The molecular weight excluding hydrogens is 348 g/mol. The second-order valence-electron chi connectivity index (χ2n) is 5.17. The van der Waals surface area contributed by atoms with E-state index in [1.165, 1.54) is 0 Å². The number of hydrogen-bond donors (Lipinski definition) is 1. The van der Waals surface area contributed by atoms with Crippen LogP contribution in [0.4, 0.5) is 13.6 Å². The van der Waals surface area contributed by atoms with Crippen molar-refractivity contribution in [3.63, 3.8) is 0 Å². The number of rotatable bonds is 6. The number of aryl methyl sites for hydroxylation is 1. The Morgan fingerprint density at radius 1 is 1.16 bits per heavy atom. The van der Waals surface area contributed by atoms with Crippen molar-refractivity contribution >= 4 is 16.9 Å². The van der Waals surface area contributed by atoms with E-state index in [0.29, 0.717) is 4.90 Å². The van der Waals surface area contributed by atoms with Gasteiger partial charge >= 0.3 is 6.09 Å². The molecule has 2 aromatic rings. The molecule has 2 aromatic carbocycles. The molecule has 1 amide bonds. The van der Waals surface area contributed by atoms with E-state index >= 15 is 0 Å². The molecule has 7 heteroatoms. The van der Waals surface area contributed by atoms with Gasteiger partial charge in [0.25, 0.3) is 6.43 Å². The average Bonchev–Trinajstić information content (AvgIpc) is 2.60. The molecular formula is C18H17F2NO3S. The van der Waals surface area contributed by atoms with Crippen molar-refractivity contribution in [2.75, 3.05) is 0 Å². The smallest absolute Gasteiger partial charge is 0.411 e. The van der Waals surface area contributed by atoms with Crippen LogP contribution in [0, 0.1) is 6.92 Å². The lowest BCUT2D eigenvalue weighted by Gasteiger charge is -2.10. The largest absolute Gasteiger partial charge is 0.444 e. The molecule has 0 saturated carbocycles. The summed E-state index contributed by atoms with van der Waals surface area (Å²) in [5, 5.41) is 2.77. The zero-order valence-corrected chi connectivity index (χ0v) is 14.3. The number of alkyl halides is 2. The molecule has 0 spiro atoms. The highest BCUT2D eigenvalue weighted by Gasteiger charge is 2.17. The van der Waals surface area contributed by atoms with Crippen LogP contribution in [-0.2, 0) is 22.1 Å². The molecule has 0 aliphatic rings. The molecule has 1 atom stereocenters. The van der Waals surface area contributed by atoms with Crippen LogP contribution in [0.3, 0.4) is 0 Å². The van der Waals surface area contributed by atoms with Crippen LogP contribution < -0.4 is 5.32 Å². The molecule has 0 fully saturated rings. The highest BCUT2D eigenvalue weighted by molar-refractivity contribution is 7.88. The number of hydrogen-bond acceptors (Lipinski definition) is 3. The van der Waals surface area contributed by atoms with Crippen molar-refractivity contribution in [1.29, 1.82) is 0 Å². The van der Waals surface area contributed by atoms with Crippen molar-refractivity contribution < 1.29 is 22.5 Å². The van der Waals surface area contributed by atoms with E-state index in [4.69, 9.17) is 4.74 Å². The van der Waals surface area contributed by atoms with Crippen LogP contribution in [-0.4, -0.2) is 16.7 Å². The standard InChI is InChI=1S/C18H17F2NO3S/c1-13-7-9-15(10-8-13)25(23)12-16(17(19)20)21-18(22)24-11-14-5-3-2-4-6-14/h2-10,12,17H,11H2,1H3,(H,21,22)/b16-12-/t25-/m1/s1. The molecule has 2 rings (SSSR count). The van der Waals surface area contributed by atoms with Gasteiger partial charge in [0.1, 0.15) is 6.61 Å². The molecule has 0 aliphatic carbocycles. The van der Waals surface area contributed by atoms with Gasteiger partial charge in [-0.05, 0) is 24.6 Å². The van der Waals surface area contributed by atoms with E-state index < -0.39 is 29.0 Å². The SMILES string of the molecule is Cc1ccc([S@](=O)/C=C(\NC(=O)OCc2ccccc2)C(F)F)cc1. The maximum absolute atomic E-state index is 13.1. The predicted octanol–water partition coefficient (Wildman–Crippen LogP) is 4.14. The van der Waals surface area contributed by atoms with Gasteiger partial charge in [-0.25, -0.2) is 17.8 Å². The van der Waals surface area contributed by atoms with Crippen LogP contribution in [0.1, 0.15) is 11.1 Å². The van der Waals surface area contributed by atoms with Crippen LogP contribution in [0.2, 0.25) is 0 Å². The highest BCUT2D eigenvalue weighted by Crippen LogP contribution is 2.14. The second-order valence-corrected chi connectivity index (χ2v) is 6.47. The van der Waals surface area contributed by atoms with E-state index in [2.05, 4.69) is 0 Å². The average molecular weight is 365 g/mol. The van der Waals surface area contributed by atoms with Crippen LogP contribution in [0.25, 0.3) is 0 Å². The molecule has 0 aromatic heterocycles. The van der Waals surface area contributed by atoms with Crippen LogP contribution in [0.15, 0.2) is 70.6 Å². The quantitative estimate of drug-likeness (QED) is 0.837. The fourth-order valence-electron chi connectivity index (χ4n) is 1.87. The van der Waals surface area contributed by atoms with Crippen LogP contribution >= 0.6 is 0 Å². The monoisotopic (exact) mass is 365 g/mol. The zero-order chi connectivity index (χ0) is 18.2. The third-order valence-electron chi connectivity index (χ3n) is 3.18. The first kappa shape index (κ1) is 18.8. The number of nitrogens with one attached hydrogen (secondary N) is 1. The van der Waals surface area contributed by atoms with E-state index in [9.17, 15) is 17.8 Å². The number of benzene rings is 2. The lowest BCUT2D eigenvalue weighted by molar-refractivity contribution is 0.132. The predicted molar refractivity (Wildman–Crippen MR) is 91.4 cm³/mol. The molecule has 4 nitrogen and oxygen atoms in total. The number of amides is 1. The van der Waals surface area contributed by atoms with Crippen molar-refractivity contribution in [1.82, 2.24) is 5.32 Å². The summed E-state index contributed by atoms with van der Waals surface area (Å²) < 4.78 is 43.2. The van der Waals surface area contributed by atoms with Gasteiger partial charge in [0.2, 0.25) is 0 Å². The van der Waals surface area contributed by atoms with Gasteiger partial charge in [-0.1, -0.05) is 48.0 Å². The summed E-state index contributed by atoms with van der Waals surface area (Å²) in [5.74, 6) is 0. The van der Waals surface area contributed by atoms with Gasteiger partial charge in [0, 0.05) is 10.3 Å². The topological polar surface area (TPSA) is 55.4 Å². The van der Waals surface area contributed by atoms with E-state index in [-0.39, 0.29) is 6.61 Å². The first-order valence-electron chi connectivity index (χ1n) is 7.40. The van der Waals surface area contributed by atoms with Crippen molar-refractivity contribution in [2.24, 2.45) is 0 Å². The Hall–Kier alpha value is -2.54. The van der Waals surface area contributed by atoms with Crippen molar-refractivity contribution in [3.8, 4) is 0 Å². The summed E-state index contributed by atoms with van der Waals surface area (Å²) in [4.78, 5) is 12.1. The van der Waals surface area contributed by atoms with E-state index in [1.807, 2.05) is 18.3 Å². The normalized spacial score (nSPS) is 12.7. The molecule has 0 unspecified atom stereocenters. The van der Waals surface area contributed by atoms with Crippen LogP contribution in [0.5, 0.6) is 0 Å². The maximum Gasteiger partial charge on any atom is 0.411 e. The van der Waals surface area contributed by atoms with Gasteiger partial charge in [0.05, 0.1) is 16.5 Å². The molecule has 0 aliphatic heterocycles. The van der Waals surface area contributed by atoms with E-state index in [0.717, 1.165) is 16.5 Å². The summed E-state index contributed by atoms with van der Waals surface area (Å²) in [7, 11) is -1.81. The lowest BCUT2D eigenvalue weighted by atomic mass is 10.2. The first-order chi connectivity index (χ1) is 12.0. The third kappa shape index (κ3) is 6.11. The number of carbonyl (C=O) groups excluding carboxylic acids is 1. The Balaban J connectivity index is 2.00. The van der Waals surface area contributed by atoms with Gasteiger partial charge in [-0.2, -0.15) is 0 Å². The fraction of sp³-hybridized carbons (Fsp3) is 0.167. The summed E-state index contributed by atoms with van der Waals surface area (Å²) >= 11 is 0. The van der Waals surface area contributed by atoms with E-state index in [1.54, 1.807) is 48.5 Å². The molecule has 0 saturated heterocycles. The molecule has 0 bridgehead atoms. The summed E-state index contributed by atoms with van der Waals surface area (Å²) in [5.41, 5.74) is 0.932. The molecule has 25 heavy (non-hydrogen) atoms. The fourth-order valence-corrected chi connectivity index (χ4v) is 2.80. The molecule has 0 heterocycles. The van der Waals surface area contributed by atoms with Crippen molar-refractivity contribution in [2.45, 2.75) is 24.9 Å². The first-order valence-corrected chi connectivity index (χ1v) is 8.62. The zero-order valence-electron chi connectivity index (χ0n) is 13.4. The Morgan fingerprint density at radius 3 is 2.40 bits per heavy atom. The van der Waals surface area contributed by atoms with Gasteiger partial charge < -0.3 is 4.74 Å². The Kier molecular flexibility index (Phi) is 6.82. The Bertz CT molecular complexity index is 762. The summed E-state index contributed by atoms with van der Waals surface area (Å²) in [6, 6.07) is 15.4. The van der Waals surface area contributed by atoms with Gasteiger partial charge in [0.15, 0.2) is 0 Å². The van der Waals surface area contributed by atoms with Crippen molar-refractivity contribution in [3.05, 3.63) is 76.8 Å². The van der Waals surface area contributed by atoms with Gasteiger partial charge in [-0.15, -0.1) is 0 Å². The van der Waals surface area contributed by atoms with Gasteiger partial charge in [-0.3, -0.25) is 5.32 Å². The molecule has 1 N–H and O–H groups in total. The number of halogens is 2. The summed E-state index contributed by atoms with van der Waals surface area (Å²) in [6.07, 6.45) is -4.02. The highest BCUT2D eigenvalue weighted by atomic mass is 32.2. The second kappa shape index (κ2) is 9.08. The number of ether oxygens (including phenoxy) is 1. The Labute approximate surface area is 147 Å².